The fourth-order valence-electron chi connectivity index (χ4n) is 2.55. The number of carboxylic acids is 1. The van der Waals surface area contributed by atoms with E-state index in [-0.39, 0.29) is 11.9 Å². The van der Waals surface area contributed by atoms with Gasteiger partial charge in [0, 0.05) is 12.6 Å². The zero-order valence-electron chi connectivity index (χ0n) is 10.8. The van der Waals surface area contributed by atoms with Gasteiger partial charge in [0.05, 0.1) is 11.5 Å². The fraction of sp³-hybridized carbons (Fsp3) is 0.538. The Morgan fingerprint density at radius 3 is 2.56 bits per heavy atom. The summed E-state index contributed by atoms with van der Waals surface area (Å²) in [5, 5.41) is 9.06. The van der Waals surface area contributed by atoms with E-state index in [1.54, 1.807) is 31.7 Å². The van der Waals surface area contributed by atoms with Crippen molar-refractivity contribution in [3.8, 4) is 0 Å². The van der Waals surface area contributed by atoms with Crippen LogP contribution in [0.1, 0.15) is 35.2 Å². The van der Waals surface area contributed by atoms with Crippen LogP contribution < -0.4 is 0 Å². The van der Waals surface area contributed by atoms with Crippen molar-refractivity contribution in [1.29, 1.82) is 0 Å². The van der Waals surface area contributed by atoms with Crippen LogP contribution in [0.15, 0.2) is 10.5 Å². The van der Waals surface area contributed by atoms with E-state index in [0.717, 1.165) is 0 Å². The largest absolute Gasteiger partial charge is 0.481 e. The maximum absolute atomic E-state index is 12.3. The number of likely N-dealkylation sites (tertiary alicyclic amines) is 1. The molecule has 0 aromatic carbocycles. The number of amides is 1. The molecule has 1 N–H and O–H groups in total. The first-order valence-corrected chi connectivity index (χ1v) is 6.02. The zero-order chi connectivity index (χ0) is 13.4. The molecule has 2 atom stereocenters. The van der Waals surface area contributed by atoms with Gasteiger partial charge in [-0.3, -0.25) is 9.59 Å². The summed E-state index contributed by atoms with van der Waals surface area (Å²) in [4.78, 5) is 25.0. The molecule has 2 heterocycles. The number of carbonyl (C=O) groups excluding carboxylic acids is 1. The van der Waals surface area contributed by atoms with Crippen molar-refractivity contribution in [2.75, 3.05) is 6.54 Å². The summed E-state index contributed by atoms with van der Waals surface area (Å²) in [6.07, 6.45) is 0.512. The van der Waals surface area contributed by atoms with Gasteiger partial charge in [-0.15, -0.1) is 0 Å². The first kappa shape index (κ1) is 12.7. The molecular weight excluding hydrogens is 234 g/mol. The third kappa shape index (κ3) is 2.00. The minimum atomic E-state index is -0.835. The lowest BCUT2D eigenvalue weighted by molar-refractivity contribution is -0.142. The highest BCUT2D eigenvalue weighted by atomic mass is 16.4. The number of nitrogens with zero attached hydrogens (tertiary/aromatic N) is 1. The molecule has 0 radical (unpaired) electrons. The topological polar surface area (TPSA) is 70.8 Å². The number of aliphatic carboxylic acids is 1. The standard InChI is InChI=1S/C13H17NO4/c1-7-6-11(9(3)18-7)12(15)14-5-4-10(8(14)2)13(16)17/h6,8,10H,4-5H2,1-3H3,(H,16,17). The van der Waals surface area contributed by atoms with Crippen molar-refractivity contribution in [2.24, 2.45) is 5.92 Å². The highest BCUT2D eigenvalue weighted by Crippen LogP contribution is 2.27. The SMILES string of the molecule is Cc1cc(C(=O)N2CCC(C(=O)O)C2C)c(C)o1. The number of furan rings is 1. The molecule has 1 aromatic rings. The minimum Gasteiger partial charge on any atom is -0.481 e. The number of hydrogen-bond acceptors (Lipinski definition) is 3. The first-order valence-electron chi connectivity index (χ1n) is 6.02. The number of rotatable bonds is 2. The van der Waals surface area contributed by atoms with Gasteiger partial charge < -0.3 is 14.4 Å². The van der Waals surface area contributed by atoms with Crippen molar-refractivity contribution in [1.82, 2.24) is 4.90 Å². The molecule has 1 saturated heterocycles. The van der Waals surface area contributed by atoms with E-state index in [1.807, 2.05) is 0 Å². The molecule has 2 unspecified atom stereocenters. The van der Waals surface area contributed by atoms with E-state index in [0.29, 0.717) is 30.0 Å². The normalized spacial score (nSPS) is 23.4. The Hall–Kier alpha value is -1.78. The van der Waals surface area contributed by atoms with Crippen LogP contribution in [-0.4, -0.2) is 34.5 Å². The summed E-state index contributed by atoms with van der Waals surface area (Å²) in [5.41, 5.74) is 0.533. The van der Waals surface area contributed by atoms with Crippen LogP contribution in [0.4, 0.5) is 0 Å². The smallest absolute Gasteiger partial charge is 0.308 e. The average Bonchev–Trinajstić information content (AvgIpc) is 2.81. The Kier molecular flexibility index (Phi) is 3.15. The van der Waals surface area contributed by atoms with Crippen LogP contribution in [0.25, 0.3) is 0 Å². The molecule has 1 fully saturated rings. The predicted octanol–water partition coefficient (Wildman–Crippen LogP) is 1.83. The van der Waals surface area contributed by atoms with Crippen molar-refractivity contribution < 1.29 is 19.1 Å². The van der Waals surface area contributed by atoms with Gasteiger partial charge in [-0.1, -0.05) is 0 Å². The molecule has 18 heavy (non-hydrogen) atoms. The van der Waals surface area contributed by atoms with Crippen LogP contribution in [0.2, 0.25) is 0 Å². The van der Waals surface area contributed by atoms with Gasteiger partial charge in [-0.2, -0.15) is 0 Å². The highest BCUT2D eigenvalue weighted by molar-refractivity contribution is 5.96. The Bertz CT molecular complexity index is 491. The molecule has 0 saturated carbocycles. The molecule has 2 rings (SSSR count). The van der Waals surface area contributed by atoms with Gasteiger partial charge >= 0.3 is 5.97 Å². The molecule has 5 heteroatoms. The van der Waals surface area contributed by atoms with E-state index in [9.17, 15) is 9.59 Å². The minimum absolute atomic E-state index is 0.138. The fourth-order valence-corrected chi connectivity index (χ4v) is 2.55. The molecule has 0 spiro atoms. The van der Waals surface area contributed by atoms with E-state index >= 15 is 0 Å². The summed E-state index contributed by atoms with van der Waals surface area (Å²) >= 11 is 0. The lowest BCUT2D eigenvalue weighted by atomic mass is 10.0. The maximum atomic E-state index is 12.3. The molecule has 1 amide bonds. The van der Waals surface area contributed by atoms with E-state index in [1.165, 1.54) is 0 Å². The Morgan fingerprint density at radius 2 is 2.11 bits per heavy atom. The van der Waals surface area contributed by atoms with Gasteiger partial charge in [0.1, 0.15) is 11.5 Å². The second-order valence-electron chi connectivity index (χ2n) is 4.80. The number of hydrogen-bond donors (Lipinski definition) is 1. The van der Waals surface area contributed by atoms with Crippen LogP contribution in [0.3, 0.4) is 0 Å². The lowest BCUT2D eigenvalue weighted by Gasteiger charge is -2.22. The summed E-state index contributed by atoms with van der Waals surface area (Å²) in [7, 11) is 0. The summed E-state index contributed by atoms with van der Waals surface area (Å²) in [6.45, 7) is 5.81. The molecule has 0 aliphatic carbocycles. The predicted molar refractivity (Wildman–Crippen MR) is 64.4 cm³/mol. The lowest BCUT2D eigenvalue weighted by Crippen LogP contribution is -2.37. The Labute approximate surface area is 105 Å². The quantitative estimate of drug-likeness (QED) is 0.870. The van der Waals surface area contributed by atoms with Gasteiger partial charge in [-0.25, -0.2) is 0 Å². The van der Waals surface area contributed by atoms with Crippen LogP contribution in [0, 0.1) is 19.8 Å². The molecule has 1 aromatic heterocycles. The zero-order valence-corrected chi connectivity index (χ0v) is 10.8. The third-order valence-electron chi connectivity index (χ3n) is 3.60. The Balaban J connectivity index is 2.21. The molecule has 0 bridgehead atoms. The number of carbonyl (C=O) groups is 2. The molecule has 5 nitrogen and oxygen atoms in total. The Morgan fingerprint density at radius 1 is 1.44 bits per heavy atom. The summed E-state index contributed by atoms with van der Waals surface area (Å²) in [6, 6.07) is 1.43. The van der Waals surface area contributed by atoms with Crippen molar-refractivity contribution in [3.63, 3.8) is 0 Å². The maximum Gasteiger partial charge on any atom is 0.308 e. The second-order valence-corrected chi connectivity index (χ2v) is 4.80. The summed E-state index contributed by atoms with van der Waals surface area (Å²) in [5.74, 6) is -0.165. The van der Waals surface area contributed by atoms with Crippen LogP contribution in [-0.2, 0) is 4.79 Å². The molecule has 98 valence electrons. The number of carboxylic acid groups (broad SMARTS) is 1. The highest BCUT2D eigenvalue weighted by Gasteiger charge is 2.39. The molecule has 1 aliphatic heterocycles. The van der Waals surface area contributed by atoms with Crippen molar-refractivity contribution >= 4 is 11.9 Å². The number of aryl methyl sites for hydroxylation is 2. The molecular formula is C13H17NO4. The van der Waals surface area contributed by atoms with E-state index in [4.69, 9.17) is 9.52 Å². The van der Waals surface area contributed by atoms with E-state index < -0.39 is 11.9 Å². The average molecular weight is 251 g/mol. The third-order valence-corrected chi connectivity index (χ3v) is 3.60. The van der Waals surface area contributed by atoms with Gasteiger partial charge in [0.15, 0.2) is 0 Å². The van der Waals surface area contributed by atoms with Gasteiger partial charge in [-0.05, 0) is 33.3 Å². The first-order chi connectivity index (χ1) is 8.41. The van der Waals surface area contributed by atoms with Crippen LogP contribution in [0.5, 0.6) is 0 Å². The van der Waals surface area contributed by atoms with Crippen molar-refractivity contribution in [2.45, 2.75) is 33.2 Å². The summed E-state index contributed by atoms with van der Waals surface area (Å²) < 4.78 is 5.34. The molecule has 1 aliphatic rings. The monoisotopic (exact) mass is 251 g/mol. The van der Waals surface area contributed by atoms with Gasteiger partial charge in [0.2, 0.25) is 0 Å². The van der Waals surface area contributed by atoms with Crippen molar-refractivity contribution in [3.05, 3.63) is 23.2 Å². The second kappa shape index (κ2) is 4.48. The van der Waals surface area contributed by atoms with E-state index in [2.05, 4.69) is 0 Å². The van der Waals surface area contributed by atoms with Gasteiger partial charge in [0.25, 0.3) is 5.91 Å². The van der Waals surface area contributed by atoms with Crippen LogP contribution >= 0.6 is 0 Å².